The van der Waals surface area contributed by atoms with Gasteiger partial charge in [-0.15, -0.1) is 11.3 Å². The van der Waals surface area contributed by atoms with Crippen molar-refractivity contribution in [1.82, 2.24) is 4.90 Å². The lowest BCUT2D eigenvalue weighted by Gasteiger charge is -2.40. The van der Waals surface area contributed by atoms with Gasteiger partial charge in [0.1, 0.15) is 17.1 Å². The van der Waals surface area contributed by atoms with Crippen LogP contribution < -0.4 is 5.32 Å². The topological polar surface area (TPSA) is 58.6 Å². The molecule has 1 N–H and O–H groups in total. The van der Waals surface area contributed by atoms with Crippen LogP contribution in [0.1, 0.15) is 31.2 Å². The first-order valence-electron chi connectivity index (χ1n) is 8.92. The van der Waals surface area contributed by atoms with E-state index in [2.05, 4.69) is 5.32 Å². The van der Waals surface area contributed by atoms with Gasteiger partial charge in [0.05, 0.1) is 21.2 Å². The first-order valence-corrected chi connectivity index (χ1v) is 10.1. The van der Waals surface area contributed by atoms with Crippen LogP contribution in [0.3, 0.4) is 0 Å². The minimum Gasteiger partial charge on any atom is -0.477 e. The zero-order valence-corrected chi connectivity index (χ0v) is 18.1. The van der Waals surface area contributed by atoms with E-state index in [0.29, 0.717) is 33.2 Å². The lowest BCUT2D eigenvalue weighted by molar-refractivity contribution is -0.147. The van der Waals surface area contributed by atoms with Crippen LogP contribution in [0.2, 0.25) is 4.34 Å². The molecule has 1 aliphatic heterocycles. The van der Waals surface area contributed by atoms with Gasteiger partial charge in [0, 0.05) is 4.88 Å². The third-order valence-electron chi connectivity index (χ3n) is 4.81. The molecule has 0 saturated heterocycles. The Labute approximate surface area is 184 Å². The number of rotatable bonds is 4. The molecule has 3 rings (SSSR count). The summed E-state index contributed by atoms with van der Waals surface area (Å²) in [7, 11) is 0. The van der Waals surface area contributed by atoms with Gasteiger partial charge < -0.3 is 10.1 Å². The van der Waals surface area contributed by atoms with Gasteiger partial charge in [-0.05, 0) is 51.1 Å². The van der Waals surface area contributed by atoms with Crippen LogP contribution in [0, 0.1) is 5.82 Å². The molecular formula is C20H17ClF4N2O3S. The van der Waals surface area contributed by atoms with Gasteiger partial charge in [0.25, 0.3) is 5.91 Å². The Kier molecular flexibility index (Phi) is 6.07. The number of halogens is 5. The molecule has 0 radical (unpaired) electrons. The fourth-order valence-electron chi connectivity index (χ4n) is 2.92. The molecule has 11 heteroatoms. The third kappa shape index (κ3) is 4.54. The SMILES string of the molecule is CC1=C(c2ccc(Cl)s2)C(=O)N(C(C)(C)C(=O)Nc2cc(C(F)(F)F)ccc2F)CO1. The third-order valence-corrected chi connectivity index (χ3v) is 6.06. The Bertz CT molecular complexity index is 1080. The van der Waals surface area contributed by atoms with Crippen molar-refractivity contribution in [3.8, 4) is 0 Å². The summed E-state index contributed by atoms with van der Waals surface area (Å²) in [6.45, 7) is 4.10. The zero-order chi connectivity index (χ0) is 23.1. The number of benzene rings is 1. The maximum atomic E-state index is 14.1. The summed E-state index contributed by atoms with van der Waals surface area (Å²) in [6.07, 6.45) is -4.71. The monoisotopic (exact) mass is 476 g/mol. The van der Waals surface area contributed by atoms with Crippen molar-refractivity contribution in [3.05, 3.63) is 56.7 Å². The Morgan fingerprint density at radius 2 is 1.90 bits per heavy atom. The lowest BCUT2D eigenvalue weighted by Crippen LogP contribution is -2.57. The van der Waals surface area contributed by atoms with Gasteiger partial charge in [0.15, 0.2) is 6.73 Å². The molecule has 0 atom stereocenters. The number of hydrogen-bond donors (Lipinski definition) is 1. The molecule has 2 aromatic rings. The summed E-state index contributed by atoms with van der Waals surface area (Å²) in [5.74, 6) is -2.10. The highest BCUT2D eigenvalue weighted by atomic mass is 35.5. The van der Waals surface area contributed by atoms with Crippen molar-refractivity contribution in [3.63, 3.8) is 0 Å². The fraction of sp³-hybridized carbons (Fsp3) is 0.300. The highest BCUT2D eigenvalue weighted by Gasteiger charge is 2.43. The van der Waals surface area contributed by atoms with Gasteiger partial charge in [-0.1, -0.05) is 11.6 Å². The van der Waals surface area contributed by atoms with Crippen LogP contribution in [0.5, 0.6) is 0 Å². The number of nitrogens with zero attached hydrogens (tertiary/aromatic N) is 1. The molecule has 2 heterocycles. The molecule has 0 saturated carbocycles. The van der Waals surface area contributed by atoms with Gasteiger partial charge in [-0.3, -0.25) is 14.5 Å². The maximum Gasteiger partial charge on any atom is 0.416 e. The van der Waals surface area contributed by atoms with Crippen molar-refractivity contribution >= 4 is 46.0 Å². The number of anilines is 1. The number of ether oxygens (including phenoxy) is 1. The molecule has 0 spiro atoms. The van der Waals surface area contributed by atoms with Crippen LogP contribution >= 0.6 is 22.9 Å². The van der Waals surface area contributed by atoms with Gasteiger partial charge in [-0.25, -0.2) is 4.39 Å². The van der Waals surface area contributed by atoms with Crippen molar-refractivity contribution in [2.45, 2.75) is 32.5 Å². The number of allylic oxidation sites excluding steroid dienone is 1. The molecule has 5 nitrogen and oxygen atoms in total. The lowest BCUT2D eigenvalue weighted by atomic mass is 9.98. The minimum absolute atomic E-state index is 0.217. The van der Waals surface area contributed by atoms with E-state index in [-0.39, 0.29) is 12.3 Å². The molecule has 1 aromatic heterocycles. The number of carbonyl (C=O) groups is 2. The van der Waals surface area contributed by atoms with Crippen molar-refractivity contribution < 1.29 is 31.9 Å². The number of nitrogens with one attached hydrogen (secondary N) is 1. The average Bonchev–Trinajstić information content (AvgIpc) is 3.08. The summed E-state index contributed by atoms with van der Waals surface area (Å²) in [4.78, 5) is 27.7. The molecule has 0 fully saturated rings. The molecule has 1 aliphatic rings. The molecule has 2 amide bonds. The predicted molar refractivity (Wildman–Crippen MR) is 109 cm³/mol. The average molecular weight is 477 g/mol. The Hall–Kier alpha value is -2.59. The highest BCUT2D eigenvalue weighted by molar-refractivity contribution is 7.17. The second-order valence-corrected chi connectivity index (χ2v) is 8.96. The van der Waals surface area contributed by atoms with E-state index in [1.54, 1.807) is 19.1 Å². The Morgan fingerprint density at radius 3 is 2.48 bits per heavy atom. The van der Waals surface area contributed by atoms with E-state index in [1.807, 2.05) is 0 Å². The van der Waals surface area contributed by atoms with E-state index >= 15 is 0 Å². The van der Waals surface area contributed by atoms with E-state index in [4.69, 9.17) is 16.3 Å². The van der Waals surface area contributed by atoms with Gasteiger partial charge in [-0.2, -0.15) is 13.2 Å². The predicted octanol–water partition coefficient (Wildman–Crippen LogP) is 5.52. The van der Waals surface area contributed by atoms with Crippen LogP contribution in [0.4, 0.5) is 23.2 Å². The summed E-state index contributed by atoms with van der Waals surface area (Å²) in [6, 6.07) is 4.94. The molecule has 166 valence electrons. The molecule has 0 unspecified atom stereocenters. The van der Waals surface area contributed by atoms with Crippen LogP contribution in [0.25, 0.3) is 5.57 Å². The number of thiophene rings is 1. The number of alkyl halides is 3. The van der Waals surface area contributed by atoms with E-state index in [0.717, 1.165) is 16.2 Å². The van der Waals surface area contributed by atoms with Gasteiger partial charge >= 0.3 is 6.18 Å². The first kappa shape index (κ1) is 23.1. The molecular weight excluding hydrogens is 460 g/mol. The quantitative estimate of drug-likeness (QED) is 0.591. The number of carbonyl (C=O) groups excluding carboxylic acids is 2. The largest absolute Gasteiger partial charge is 0.477 e. The summed E-state index contributed by atoms with van der Waals surface area (Å²) in [5.41, 5.74) is -3.12. The Morgan fingerprint density at radius 1 is 1.23 bits per heavy atom. The van der Waals surface area contributed by atoms with Crippen LogP contribution in [0.15, 0.2) is 36.1 Å². The maximum absolute atomic E-state index is 14.1. The van der Waals surface area contributed by atoms with Crippen molar-refractivity contribution in [2.24, 2.45) is 0 Å². The van der Waals surface area contributed by atoms with E-state index in [9.17, 15) is 27.2 Å². The first-order chi connectivity index (χ1) is 14.3. The zero-order valence-electron chi connectivity index (χ0n) is 16.6. The van der Waals surface area contributed by atoms with Crippen molar-refractivity contribution in [2.75, 3.05) is 12.0 Å². The Balaban J connectivity index is 1.88. The second kappa shape index (κ2) is 8.16. The van der Waals surface area contributed by atoms with E-state index in [1.165, 1.54) is 13.8 Å². The standard InChI is InChI=1S/C20H17ClF4N2O3S/c1-10-16(14-6-7-15(21)31-14)17(28)27(9-30-10)19(2,3)18(29)26-13-8-11(20(23,24)25)4-5-12(13)22/h4-8H,9H2,1-3H3,(H,26,29). The van der Waals surface area contributed by atoms with Gasteiger partial charge in [0.2, 0.25) is 5.91 Å². The normalized spacial score (nSPS) is 15.2. The van der Waals surface area contributed by atoms with Crippen molar-refractivity contribution in [1.29, 1.82) is 0 Å². The molecule has 1 aromatic carbocycles. The number of amides is 2. The van der Waals surface area contributed by atoms with E-state index < -0.39 is 40.6 Å². The highest BCUT2D eigenvalue weighted by Crippen LogP contribution is 2.36. The molecule has 0 bridgehead atoms. The van der Waals surface area contributed by atoms with Crippen LogP contribution in [-0.4, -0.2) is 29.0 Å². The smallest absolute Gasteiger partial charge is 0.416 e. The summed E-state index contributed by atoms with van der Waals surface area (Å²) < 4.78 is 58.9. The fourth-order valence-corrected chi connectivity index (χ4v) is 4.04. The summed E-state index contributed by atoms with van der Waals surface area (Å²) in [5, 5.41) is 2.15. The number of hydrogen-bond acceptors (Lipinski definition) is 4. The molecule has 0 aliphatic carbocycles. The van der Waals surface area contributed by atoms with Crippen LogP contribution in [-0.2, 0) is 20.5 Å². The second-order valence-electron chi connectivity index (χ2n) is 7.25. The minimum atomic E-state index is -4.71. The molecule has 31 heavy (non-hydrogen) atoms. The summed E-state index contributed by atoms with van der Waals surface area (Å²) >= 11 is 7.11.